The summed E-state index contributed by atoms with van der Waals surface area (Å²) in [5.41, 5.74) is 4.27. The van der Waals surface area contributed by atoms with Gasteiger partial charge in [0, 0.05) is 19.4 Å². The molecule has 0 aromatic heterocycles. The third-order valence-corrected chi connectivity index (χ3v) is 6.67. The number of nitrogens with zero attached hydrogens (tertiary/aromatic N) is 3. The van der Waals surface area contributed by atoms with Crippen molar-refractivity contribution in [3.8, 4) is 5.75 Å². The quantitative estimate of drug-likeness (QED) is 0.773. The molecule has 2 heterocycles. The maximum absolute atomic E-state index is 14.0. The number of aryl methyl sites for hydroxylation is 2. The Morgan fingerprint density at radius 2 is 1.84 bits per heavy atom. The Hall–Kier alpha value is -3.33. The van der Waals surface area contributed by atoms with E-state index in [9.17, 15) is 14.4 Å². The maximum atomic E-state index is 14.0. The van der Waals surface area contributed by atoms with Crippen LogP contribution in [0, 0.1) is 13.8 Å². The van der Waals surface area contributed by atoms with Gasteiger partial charge in [0.2, 0.25) is 16.7 Å². The molecule has 0 radical (unpaired) electrons. The van der Waals surface area contributed by atoms with E-state index < -0.39 is 4.87 Å². The number of nitrogens with one attached hydrogen (secondary N) is 1. The van der Waals surface area contributed by atoms with Crippen molar-refractivity contribution in [1.29, 1.82) is 0 Å². The number of rotatable bonds is 3. The number of methoxy groups -OCH3 is 1. The van der Waals surface area contributed by atoms with Crippen LogP contribution in [0.4, 0.5) is 5.69 Å². The molecule has 32 heavy (non-hydrogen) atoms. The Morgan fingerprint density at radius 1 is 1.16 bits per heavy atom. The van der Waals surface area contributed by atoms with Crippen molar-refractivity contribution in [3.63, 3.8) is 0 Å². The van der Waals surface area contributed by atoms with Gasteiger partial charge in [-0.15, -0.1) is 5.10 Å². The monoisotopic (exact) mass is 452 g/mol. The van der Waals surface area contributed by atoms with Crippen molar-refractivity contribution >= 4 is 40.3 Å². The zero-order valence-electron chi connectivity index (χ0n) is 18.6. The van der Waals surface area contributed by atoms with Crippen molar-refractivity contribution < 1.29 is 19.1 Å². The number of benzene rings is 2. The predicted molar refractivity (Wildman–Crippen MR) is 123 cm³/mol. The summed E-state index contributed by atoms with van der Waals surface area (Å²) < 4.78 is 5.23. The summed E-state index contributed by atoms with van der Waals surface area (Å²) in [4.78, 5) is 38.6. The predicted octanol–water partition coefficient (Wildman–Crippen LogP) is 3.01. The fourth-order valence-electron chi connectivity index (χ4n) is 4.20. The number of hydrogen-bond donors (Lipinski definition) is 1. The van der Waals surface area contributed by atoms with Crippen LogP contribution in [0.5, 0.6) is 5.75 Å². The number of carbonyl (C=O) groups is 3. The van der Waals surface area contributed by atoms with E-state index >= 15 is 0 Å². The van der Waals surface area contributed by atoms with Crippen LogP contribution in [0.25, 0.3) is 0 Å². The molecule has 2 aliphatic rings. The molecule has 0 fully saturated rings. The average Bonchev–Trinajstić information content (AvgIpc) is 3.21. The van der Waals surface area contributed by atoms with Crippen LogP contribution in [0.15, 0.2) is 41.5 Å². The van der Waals surface area contributed by atoms with E-state index in [4.69, 9.17) is 4.74 Å². The molecular formula is C23H24N4O4S. The topological polar surface area (TPSA) is 91.3 Å². The third-order valence-electron chi connectivity index (χ3n) is 5.43. The van der Waals surface area contributed by atoms with E-state index in [0.29, 0.717) is 12.1 Å². The molecule has 2 aliphatic heterocycles. The number of carbonyl (C=O) groups excluding carboxylic acids is 3. The number of amidine groups is 1. The van der Waals surface area contributed by atoms with Gasteiger partial charge in [0.15, 0.2) is 5.17 Å². The number of anilines is 1. The first kappa shape index (κ1) is 21.9. The van der Waals surface area contributed by atoms with Crippen LogP contribution in [-0.2, 0) is 25.8 Å². The molecule has 1 spiro atoms. The van der Waals surface area contributed by atoms with Gasteiger partial charge in [-0.25, -0.2) is 0 Å². The molecule has 3 amide bonds. The lowest BCUT2D eigenvalue weighted by Crippen LogP contribution is -2.48. The minimum absolute atomic E-state index is 0.220. The third kappa shape index (κ3) is 3.42. The normalized spacial score (nSPS) is 19.3. The molecule has 4 rings (SSSR count). The number of ether oxygens (including phenoxy) is 1. The van der Waals surface area contributed by atoms with Crippen LogP contribution >= 0.6 is 11.8 Å². The van der Waals surface area contributed by atoms with Crippen molar-refractivity contribution in [2.24, 2.45) is 5.10 Å². The Morgan fingerprint density at radius 3 is 2.44 bits per heavy atom. The Labute approximate surface area is 190 Å². The van der Waals surface area contributed by atoms with E-state index in [2.05, 4.69) is 10.4 Å². The summed E-state index contributed by atoms with van der Waals surface area (Å²) in [5.74, 6) is -0.255. The van der Waals surface area contributed by atoms with Gasteiger partial charge in [0.1, 0.15) is 5.75 Å². The van der Waals surface area contributed by atoms with Crippen LogP contribution in [0.2, 0.25) is 0 Å². The zero-order chi connectivity index (χ0) is 23.2. The maximum Gasteiger partial charge on any atom is 0.271 e. The minimum Gasteiger partial charge on any atom is -0.497 e. The summed E-state index contributed by atoms with van der Waals surface area (Å²) in [6.07, 6.45) is 0. The van der Waals surface area contributed by atoms with Gasteiger partial charge in [-0.1, -0.05) is 29.8 Å². The Kier molecular flexibility index (Phi) is 5.46. The highest BCUT2D eigenvalue weighted by atomic mass is 32.2. The molecule has 0 bridgehead atoms. The highest BCUT2D eigenvalue weighted by molar-refractivity contribution is 8.15. The van der Waals surface area contributed by atoms with Crippen molar-refractivity contribution in [2.45, 2.75) is 39.1 Å². The molecule has 0 unspecified atom stereocenters. The minimum atomic E-state index is -1.40. The van der Waals surface area contributed by atoms with Crippen molar-refractivity contribution in [1.82, 2.24) is 10.3 Å². The first-order valence-corrected chi connectivity index (χ1v) is 10.9. The highest BCUT2D eigenvalue weighted by Gasteiger charge is 2.61. The van der Waals surface area contributed by atoms with E-state index in [1.165, 1.54) is 18.9 Å². The van der Waals surface area contributed by atoms with Gasteiger partial charge in [-0.2, -0.15) is 5.01 Å². The van der Waals surface area contributed by atoms with Gasteiger partial charge in [-0.3, -0.25) is 14.4 Å². The molecule has 2 aromatic rings. The number of fused-ring (bicyclic) bond motifs is 2. The van der Waals surface area contributed by atoms with Gasteiger partial charge in [-0.05, 0) is 48.9 Å². The molecule has 9 heteroatoms. The first-order valence-electron chi connectivity index (χ1n) is 10.1. The molecule has 8 nitrogen and oxygen atoms in total. The summed E-state index contributed by atoms with van der Waals surface area (Å²) in [6.45, 7) is 6.95. The molecule has 1 N–H and O–H groups in total. The summed E-state index contributed by atoms with van der Waals surface area (Å²) in [6, 6.07) is 11.4. The fraction of sp³-hybridized carbons (Fsp3) is 0.304. The van der Waals surface area contributed by atoms with Crippen molar-refractivity contribution in [2.75, 3.05) is 12.0 Å². The molecule has 166 valence electrons. The number of thioether (sulfide) groups is 1. The van der Waals surface area contributed by atoms with Crippen LogP contribution in [0.3, 0.4) is 0 Å². The second-order valence-electron chi connectivity index (χ2n) is 7.88. The SMILES string of the molecule is COc1ccc(CN2C(=O)[C@@]3(SC(NC(C)=O)=NN3C(C)=O)c3cc(C)cc(C)c32)cc1. The molecule has 0 saturated heterocycles. The summed E-state index contributed by atoms with van der Waals surface area (Å²) in [7, 11) is 1.60. The largest absolute Gasteiger partial charge is 0.497 e. The lowest BCUT2D eigenvalue weighted by Gasteiger charge is -2.29. The van der Waals surface area contributed by atoms with Gasteiger partial charge >= 0.3 is 0 Å². The van der Waals surface area contributed by atoms with E-state index in [0.717, 1.165) is 39.9 Å². The van der Waals surface area contributed by atoms with E-state index in [-0.39, 0.29) is 22.9 Å². The molecule has 1 atom stereocenters. The standard InChI is InChI=1S/C23H24N4O4S/c1-13-10-14(2)20-19(11-13)23(27(16(4)29)25-22(32-23)24-15(3)28)21(30)26(20)12-17-6-8-18(31-5)9-7-17/h6-11H,12H2,1-5H3,(H,24,25,28)/t23-/m0/s1. The van der Waals surface area contributed by atoms with Crippen LogP contribution < -0.4 is 15.0 Å². The molecular weight excluding hydrogens is 428 g/mol. The van der Waals surface area contributed by atoms with Gasteiger partial charge < -0.3 is 15.0 Å². The lowest BCUT2D eigenvalue weighted by atomic mass is 10.0. The van der Waals surface area contributed by atoms with Crippen LogP contribution in [-0.4, -0.2) is 35.0 Å². The smallest absolute Gasteiger partial charge is 0.271 e. The Balaban J connectivity index is 1.84. The number of hydrazone groups is 1. The number of hydrogen-bond acceptors (Lipinski definition) is 6. The van der Waals surface area contributed by atoms with Crippen molar-refractivity contribution in [3.05, 3.63) is 58.7 Å². The first-order chi connectivity index (χ1) is 15.2. The second kappa shape index (κ2) is 7.98. The highest BCUT2D eigenvalue weighted by Crippen LogP contribution is 2.55. The van der Waals surface area contributed by atoms with Gasteiger partial charge in [0.05, 0.1) is 19.3 Å². The fourth-order valence-corrected chi connectivity index (χ4v) is 5.52. The summed E-state index contributed by atoms with van der Waals surface area (Å²) >= 11 is 1.09. The van der Waals surface area contributed by atoms with E-state index in [1.54, 1.807) is 12.0 Å². The number of amides is 3. The molecule has 2 aromatic carbocycles. The molecule has 0 aliphatic carbocycles. The zero-order valence-corrected chi connectivity index (χ0v) is 19.4. The lowest BCUT2D eigenvalue weighted by molar-refractivity contribution is -0.139. The second-order valence-corrected chi connectivity index (χ2v) is 9.06. The average molecular weight is 453 g/mol. The van der Waals surface area contributed by atoms with E-state index in [1.807, 2.05) is 50.2 Å². The van der Waals surface area contributed by atoms with Crippen LogP contribution in [0.1, 0.15) is 36.1 Å². The molecule has 0 saturated carbocycles. The Bertz CT molecular complexity index is 1160. The van der Waals surface area contributed by atoms with Gasteiger partial charge in [0.25, 0.3) is 5.91 Å². The summed E-state index contributed by atoms with van der Waals surface area (Å²) in [5, 5.41) is 8.35.